The van der Waals surface area contributed by atoms with Gasteiger partial charge >= 0.3 is 6.18 Å². The van der Waals surface area contributed by atoms with E-state index >= 15 is 0 Å². The van der Waals surface area contributed by atoms with Gasteiger partial charge in [0.15, 0.2) is 11.5 Å². The topological polar surface area (TPSA) is 85.8 Å². The van der Waals surface area contributed by atoms with Crippen LogP contribution in [0.15, 0.2) is 48.5 Å². The van der Waals surface area contributed by atoms with E-state index in [1.807, 2.05) is 12.1 Å². The van der Waals surface area contributed by atoms with Crippen molar-refractivity contribution in [1.82, 2.24) is 15.0 Å². The first-order chi connectivity index (χ1) is 13.2. The summed E-state index contributed by atoms with van der Waals surface area (Å²) in [4.78, 5) is 12.4. The Hall–Kier alpha value is -3.36. The first-order valence-corrected chi connectivity index (χ1v) is 8.47. The van der Waals surface area contributed by atoms with Gasteiger partial charge in [0.25, 0.3) is 5.91 Å². The molecule has 2 aromatic carbocycles. The van der Waals surface area contributed by atoms with Gasteiger partial charge in [-0.15, -0.1) is 5.10 Å². The Bertz CT molecular complexity index is 994. The van der Waals surface area contributed by atoms with Gasteiger partial charge in [0.05, 0.1) is 16.9 Å². The van der Waals surface area contributed by atoms with Gasteiger partial charge in [-0.25, -0.2) is 0 Å². The summed E-state index contributed by atoms with van der Waals surface area (Å²) in [5.74, 6) is -0.601. The average Bonchev–Trinajstić information content (AvgIpc) is 3.03. The molecule has 3 N–H and O–H groups in total. The third kappa shape index (κ3) is 3.83. The van der Waals surface area contributed by atoms with E-state index in [1.54, 1.807) is 12.1 Å². The molecule has 3 aromatic rings. The molecule has 0 aliphatic heterocycles. The minimum absolute atomic E-state index is 0.0701. The zero-order valence-electron chi connectivity index (χ0n) is 15.2. The Morgan fingerprint density at radius 1 is 1.11 bits per heavy atom. The second kappa shape index (κ2) is 7.34. The van der Waals surface area contributed by atoms with Crippen LogP contribution >= 0.6 is 0 Å². The minimum Gasteiger partial charge on any atom is -0.382 e. The van der Waals surface area contributed by atoms with E-state index < -0.39 is 17.6 Å². The Morgan fingerprint density at radius 2 is 1.75 bits per heavy atom. The molecule has 9 heteroatoms. The number of anilines is 2. The second-order valence-corrected chi connectivity index (χ2v) is 6.48. The molecule has 0 unspecified atom stereocenters. The summed E-state index contributed by atoms with van der Waals surface area (Å²) in [5.41, 5.74) is 6.07. The highest BCUT2D eigenvalue weighted by Gasteiger charge is 2.34. The number of para-hydroxylation sites is 1. The number of hydrogen-bond acceptors (Lipinski definition) is 4. The molecule has 0 aliphatic carbocycles. The molecule has 0 aliphatic rings. The number of nitrogens with zero attached hydrogens (tertiary/aromatic N) is 3. The monoisotopic (exact) mass is 389 g/mol. The van der Waals surface area contributed by atoms with Crippen molar-refractivity contribution in [3.05, 3.63) is 65.4 Å². The number of carbonyl (C=O) groups excluding carboxylic acids is 1. The van der Waals surface area contributed by atoms with Crippen molar-refractivity contribution in [2.45, 2.75) is 25.9 Å². The maximum absolute atomic E-state index is 13.1. The van der Waals surface area contributed by atoms with E-state index in [9.17, 15) is 18.0 Å². The van der Waals surface area contributed by atoms with Crippen LogP contribution < -0.4 is 11.1 Å². The Balaban J connectivity index is 1.87. The third-order valence-corrected chi connectivity index (χ3v) is 4.21. The Kier molecular flexibility index (Phi) is 5.08. The lowest BCUT2D eigenvalue weighted by molar-refractivity contribution is -0.136. The Labute approximate surface area is 159 Å². The molecular formula is C19H18F3N5O. The smallest absolute Gasteiger partial charge is 0.382 e. The molecular weight excluding hydrogens is 371 g/mol. The minimum atomic E-state index is -4.61. The predicted molar refractivity (Wildman–Crippen MR) is 99.3 cm³/mol. The fourth-order valence-corrected chi connectivity index (χ4v) is 2.66. The standard InChI is InChI=1S/C19H18F3N5O/c1-11(2)12-7-9-13(10-8-12)27-17(23)16(25-26-27)18(28)24-15-6-4-3-5-14(15)19(20,21)22/h3-11H,23H2,1-2H3,(H,24,28). The van der Waals surface area contributed by atoms with E-state index in [0.717, 1.165) is 17.7 Å². The second-order valence-electron chi connectivity index (χ2n) is 6.48. The molecule has 6 nitrogen and oxygen atoms in total. The van der Waals surface area contributed by atoms with Gasteiger partial charge in [-0.1, -0.05) is 43.3 Å². The van der Waals surface area contributed by atoms with Gasteiger partial charge in [-0.05, 0) is 35.7 Å². The van der Waals surface area contributed by atoms with Gasteiger partial charge in [0.2, 0.25) is 0 Å². The van der Waals surface area contributed by atoms with Gasteiger partial charge in [-0.2, -0.15) is 17.9 Å². The number of benzene rings is 2. The fraction of sp³-hybridized carbons (Fsp3) is 0.211. The highest BCUT2D eigenvalue weighted by Crippen LogP contribution is 2.34. The molecule has 0 bridgehead atoms. The number of alkyl halides is 3. The molecule has 1 aromatic heterocycles. The van der Waals surface area contributed by atoms with E-state index in [1.165, 1.54) is 16.8 Å². The summed E-state index contributed by atoms with van der Waals surface area (Å²) in [5, 5.41) is 9.79. The van der Waals surface area contributed by atoms with Gasteiger partial charge in [0.1, 0.15) is 0 Å². The SMILES string of the molecule is CC(C)c1ccc(-n2nnc(C(=O)Nc3ccccc3C(F)(F)F)c2N)cc1. The largest absolute Gasteiger partial charge is 0.418 e. The van der Waals surface area contributed by atoms with Crippen LogP contribution in [0, 0.1) is 0 Å². The highest BCUT2D eigenvalue weighted by atomic mass is 19.4. The van der Waals surface area contributed by atoms with E-state index in [2.05, 4.69) is 29.5 Å². The van der Waals surface area contributed by atoms with Crippen molar-refractivity contribution in [2.75, 3.05) is 11.1 Å². The van der Waals surface area contributed by atoms with Crippen molar-refractivity contribution in [2.24, 2.45) is 0 Å². The molecule has 0 saturated heterocycles. The number of halogens is 3. The fourth-order valence-electron chi connectivity index (χ4n) is 2.66. The number of aromatic nitrogens is 3. The Morgan fingerprint density at radius 3 is 2.36 bits per heavy atom. The lowest BCUT2D eigenvalue weighted by Crippen LogP contribution is -2.18. The first kappa shape index (κ1) is 19.4. The van der Waals surface area contributed by atoms with Crippen molar-refractivity contribution in [3.63, 3.8) is 0 Å². The maximum atomic E-state index is 13.1. The molecule has 0 spiro atoms. The van der Waals surface area contributed by atoms with E-state index in [-0.39, 0.29) is 17.2 Å². The van der Waals surface area contributed by atoms with Crippen molar-refractivity contribution >= 4 is 17.4 Å². The van der Waals surface area contributed by atoms with E-state index in [4.69, 9.17) is 5.73 Å². The highest BCUT2D eigenvalue weighted by molar-refractivity contribution is 6.06. The first-order valence-electron chi connectivity index (χ1n) is 8.47. The van der Waals surface area contributed by atoms with Crippen LogP contribution in [0.2, 0.25) is 0 Å². The summed E-state index contributed by atoms with van der Waals surface area (Å²) in [7, 11) is 0. The van der Waals surface area contributed by atoms with Crippen molar-refractivity contribution < 1.29 is 18.0 Å². The van der Waals surface area contributed by atoms with Crippen LogP contribution in [-0.2, 0) is 6.18 Å². The molecule has 0 fully saturated rings. The quantitative estimate of drug-likeness (QED) is 0.699. The van der Waals surface area contributed by atoms with Crippen LogP contribution in [0.4, 0.5) is 24.7 Å². The zero-order valence-corrected chi connectivity index (χ0v) is 15.2. The summed E-state index contributed by atoms with van der Waals surface area (Å²) in [6.07, 6.45) is -4.61. The average molecular weight is 389 g/mol. The molecule has 146 valence electrons. The summed E-state index contributed by atoms with van der Waals surface area (Å²) < 4.78 is 40.5. The maximum Gasteiger partial charge on any atom is 0.418 e. The van der Waals surface area contributed by atoms with Gasteiger partial charge in [0, 0.05) is 0 Å². The molecule has 1 heterocycles. The van der Waals surface area contributed by atoms with Crippen LogP contribution in [0.3, 0.4) is 0 Å². The number of nitrogen functional groups attached to an aromatic ring is 1. The number of amides is 1. The lowest BCUT2D eigenvalue weighted by Gasteiger charge is -2.13. The number of rotatable bonds is 4. The number of nitrogens with one attached hydrogen (secondary N) is 1. The molecule has 0 atom stereocenters. The molecule has 3 rings (SSSR count). The lowest BCUT2D eigenvalue weighted by atomic mass is 10.0. The van der Waals surface area contributed by atoms with Crippen LogP contribution in [-0.4, -0.2) is 20.9 Å². The van der Waals surface area contributed by atoms with Crippen molar-refractivity contribution in [1.29, 1.82) is 0 Å². The molecule has 28 heavy (non-hydrogen) atoms. The number of carbonyl (C=O) groups is 1. The third-order valence-electron chi connectivity index (χ3n) is 4.21. The van der Waals surface area contributed by atoms with Crippen LogP contribution in [0.1, 0.15) is 41.4 Å². The molecule has 0 radical (unpaired) electrons. The van der Waals surface area contributed by atoms with Gasteiger partial charge < -0.3 is 11.1 Å². The number of nitrogens with two attached hydrogens (primary N) is 1. The summed E-state index contributed by atoms with van der Waals surface area (Å²) >= 11 is 0. The van der Waals surface area contributed by atoms with Crippen LogP contribution in [0.25, 0.3) is 5.69 Å². The van der Waals surface area contributed by atoms with E-state index in [0.29, 0.717) is 11.6 Å². The summed E-state index contributed by atoms with van der Waals surface area (Å²) in [6, 6.07) is 12.0. The molecule has 0 saturated carbocycles. The normalized spacial score (nSPS) is 11.6. The van der Waals surface area contributed by atoms with Crippen molar-refractivity contribution in [3.8, 4) is 5.69 Å². The van der Waals surface area contributed by atoms with Crippen LogP contribution in [0.5, 0.6) is 0 Å². The summed E-state index contributed by atoms with van der Waals surface area (Å²) in [6.45, 7) is 4.11. The predicted octanol–water partition coefficient (Wildman–Crippen LogP) is 4.24. The zero-order chi connectivity index (χ0) is 20.5. The molecule has 1 amide bonds. The van der Waals surface area contributed by atoms with Gasteiger partial charge in [-0.3, -0.25) is 4.79 Å². The number of hydrogen-bond donors (Lipinski definition) is 2.